The van der Waals surface area contributed by atoms with E-state index in [9.17, 15) is 14.0 Å². The van der Waals surface area contributed by atoms with Gasteiger partial charge in [0.1, 0.15) is 18.4 Å². The van der Waals surface area contributed by atoms with Gasteiger partial charge in [-0.15, -0.1) is 0 Å². The molecule has 1 aromatic rings. The number of nitrogens with two attached hydrogens (primary N) is 1. The average Bonchev–Trinajstić information content (AvgIpc) is 2.56. The van der Waals surface area contributed by atoms with Crippen molar-refractivity contribution in [2.24, 2.45) is 5.73 Å². The van der Waals surface area contributed by atoms with Gasteiger partial charge in [-0.2, -0.15) is 0 Å². The molecule has 1 amide bonds. The molecule has 0 spiro atoms. The third kappa shape index (κ3) is 3.34. The summed E-state index contributed by atoms with van der Waals surface area (Å²) in [4.78, 5) is 24.6. The molecule has 0 radical (unpaired) electrons. The van der Waals surface area contributed by atoms with Crippen LogP contribution in [-0.2, 0) is 20.9 Å². The Balaban J connectivity index is 2.01. The van der Waals surface area contributed by atoms with Crippen molar-refractivity contribution < 1.29 is 23.5 Å². The zero-order chi connectivity index (χ0) is 17.1. The Morgan fingerprint density at radius 1 is 1.43 bits per heavy atom. The Hall–Kier alpha value is -2.41. The van der Waals surface area contributed by atoms with Crippen LogP contribution in [-0.4, -0.2) is 42.3 Å². The zero-order valence-corrected chi connectivity index (χ0v) is 13.0. The van der Waals surface area contributed by atoms with Gasteiger partial charge >= 0.3 is 5.97 Å². The van der Waals surface area contributed by atoms with Gasteiger partial charge in [0.2, 0.25) is 5.91 Å². The van der Waals surface area contributed by atoms with E-state index in [0.717, 1.165) is 10.5 Å². The van der Waals surface area contributed by atoms with Crippen LogP contribution in [0.4, 0.5) is 4.39 Å². The predicted molar refractivity (Wildman–Crippen MR) is 81.1 cm³/mol. The number of rotatable bonds is 6. The molecular weight excluding hydrogens is 303 g/mol. The Morgan fingerprint density at radius 3 is 2.52 bits per heavy atom. The monoisotopic (exact) mass is 322 g/mol. The molecule has 1 aromatic carbocycles. The second-order valence-corrected chi connectivity index (χ2v) is 5.35. The molecule has 2 rings (SSSR count). The number of amides is 1. The summed E-state index contributed by atoms with van der Waals surface area (Å²) < 4.78 is 24.0. The van der Waals surface area contributed by atoms with Gasteiger partial charge in [0.05, 0.1) is 7.11 Å². The molecule has 0 aromatic heterocycles. The van der Waals surface area contributed by atoms with Crippen LogP contribution in [0.5, 0.6) is 5.75 Å². The second-order valence-electron chi connectivity index (χ2n) is 5.35. The highest BCUT2D eigenvalue weighted by Gasteiger charge is 2.51. The first-order valence-electron chi connectivity index (χ1n) is 7.03. The number of hydrogen-bond donors (Lipinski definition) is 1. The van der Waals surface area contributed by atoms with E-state index in [-0.39, 0.29) is 6.61 Å². The number of halogens is 1. The SMILES string of the molecule is C=C(C)C(C(=O)OCc1ccc(OC)cc1)N1C(=O)C(N)C1F. The minimum atomic E-state index is -1.71. The number of nitrogens with zero attached hydrogens (tertiary/aromatic N) is 1. The summed E-state index contributed by atoms with van der Waals surface area (Å²) in [6, 6.07) is 4.54. The van der Waals surface area contributed by atoms with Gasteiger partial charge in [-0.25, -0.2) is 9.18 Å². The maximum absolute atomic E-state index is 13.8. The lowest BCUT2D eigenvalue weighted by Crippen LogP contribution is -2.71. The average molecular weight is 322 g/mol. The van der Waals surface area contributed by atoms with E-state index in [1.165, 1.54) is 6.92 Å². The molecule has 0 bridgehead atoms. The van der Waals surface area contributed by atoms with Crippen molar-refractivity contribution in [2.75, 3.05) is 7.11 Å². The van der Waals surface area contributed by atoms with Gasteiger partial charge in [-0.05, 0) is 30.2 Å². The molecular formula is C16H19FN2O4. The number of β-lactam (4-membered cyclic amide) rings is 1. The lowest BCUT2D eigenvalue weighted by atomic mass is 9.99. The lowest BCUT2D eigenvalue weighted by molar-refractivity contribution is -0.174. The highest BCUT2D eigenvalue weighted by atomic mass is 19.1. The van der Waals surface area contributed by atoms with E-state index in [4.69, 9.17) is 15.2 Å². The first kappa shape index (κ1) is 17.0. The summed E-state index contributed by atoms with van der Waals surface area (Å²) in [6.45, 7) is 5.16. The van der Waals surface area contributed by atoms with Gasteiger partial charge < -0.3 is 15.2 Å². The number of methoxy groups -OCH3 is 1. The Bertz CT molecular complexity index is 617. The number of alkyl halides is 1. The summed E-state index contributed by atoms with van der Waals surface area (Å²) in [5.74, 6) is -0.691. The summed E-state index contributed by atoms with van der Waals surface area (Å²) in [6.07, 6.45) is -1.71. The van der Waals surface area contributed by atoms with Gasteiger partial charge in [-0.3, -0.25) is 9.69 Å². The lowest BCUT2D eigenvalue weighted by Gasteiger charge is -2.44. The summed E-state index contributed by atoms with van der Waals surface area (Å²) >= 11 is 0. The highest BCUT2D eigenvalue weighted by molar-refractivity contribution is 5.94. The summed E-state index contributed by atoms with van der Waals surface area (Å²) in [5, 5.41) is 0. The van der Waals surface area contributed by atoms with Gasteiger partial charge in [0, 0.05) is 0 Å². The number of carbonyl (C=O) groups is 2. The van der Waals surface area contributed by atoms with Crippen molar-refractivity contribution in [3.8, 4) is 5.75 Å². The largest absolute Gasteiger partial charge is 0.497 e. The third-order valence-corrected chi connectivity index (χ3v) is 3.61. The van der Waals surface area contributed by atoms with E-state index in [0.29, 0.717) is 11.3 Å². The minimum absolute atomic E-state index is 0.00234. The molecule has 1 heterocycles. The normalized spacial score (nSPS) is 21.4. The molecule has 0 aliphatic carbocycles. The predicted octanol–water partition coefficient (Wildman–Crippen LogP) is 1.15. The first-order valence-corrected chi connectivity index (χ1v) is 7.03. The van der Waals surface area contributed by atoms with Crippen LogP contribution in [0.1, 0.15) is 12.5 Å². The Morgan fingerprint density at radius 2 is 2.04 bits per heavy atom. The smallest absolute Gasteiger partial charge is 0.333 e. The summed E-state index contributed by atoms with van der Waals surface area (Å²) in [7, 11) is 1.55. The number of ether oxygens (including phenoxy) is 2. The molecule has 0 saturated carbocycles. The minimum Gasteiger partial charge on any atom is -0.497 e. The van der Waals surface area contributed by atoms with Crippen molar-refractivity contribution >= 4 is 11.9 Å². The number of benzene rings is 1. The topological polar surface area (TPSA) is 81.9 Å². The fraction of sp³-hybridized carbons (Fsp3) is 0.375. The standard InChI is InChI=1S/C16H19FN2O4/c1-9(2)13(19-14(17)12(18)15(19)20)16(21)23-8-10-4-6-11(22-3)7-5-10/h4-7,12-14H,1,8,18H2,2-3H3. The van der Waals surface area contributed by atoms with Crippen molar-refractivity contribution in [3.05, 3.63) is 42.0 Å². The Kier molecular flexibility index (Phi) is 5.00. The van der Waals surface area contributed by atoms with Gasteiger partial charge in [0.25, 0.3) is 0 Å². The molecule has 3 unspecified atom stereocenters. The van der Waals surface area contributed by atoms with Crippen molar-refractivity contribution in [1.29, 1.82) is 0 Å². The van der Waals surface area contributed by atoms with Crippen molar-refractivity contribution in [2.45, 2.75) is 31.9 Å². The van der Waals surface area contributed by atoms with E-state index in [1.54, 1.807) is 31.4 Å². The van der Waals surface area contributed by atoms with Crippen LogP contribution in [0.2, 0.25) is 0 Å². The van der Waals surface area contributed by atoms with Crippen LogP contribution in [0.15, 0.2) is 36.4 Å². The molecule has 6 nitrogen and oxygen atoms in total. The maximum atomic E-state index is 13.8. The molecule has 1 fully saturated rings. The number of hydrogen-bond acceptors (Lipinski definition) is 5. The second kappa shape index (κ2) is 6.78. The highest BCUT2D eigenvalue weighted by Crippen LogP contribution is 2.26. The van der Waals surface area contributed by atoms with Crippen LogP contribution in [0, 0.1) is 0 Å². The molecule has 2 N–H and O–H groups in total. The number of esters is 1. The third-order valence-electron chi connectivity index (χ3n) is 3.61. The number of carbonyl (C=O) groups excluding carboxylic acids is 2. The number of likely N-dealkylation sites (tertiary alicyclic amines) is 1. The molecule has 3 atom stereocenters. The zero-order valence-electron chi connectivity index (χ0n) is 13.0. The van der Waals surface area contributed by atoms with Gasteiger partial charge in [-0.1, -0.05) is 18.7 Å². The maximum Gasteiger partial charge on any atom is 0.333 e. The van der Waals surface area contributed by atoms with E-state index in [1.807, 2.05) is 0 Å². The van der Waals surface area contributed by atoms with Crippen molar-refractivity contribution in [3.63, 3.8) is 0 Å². The van der Waals surface area contributed by atoms with Crippen LogP contribution < -0.4 is 10.5 Å². The molecule has 1 aliphatic rings. The summed E-state index contributed by atoms with van der Waals surface area (Å²) in [5.41, 5.74) is 6.38. The fourth-order valence-corrected chi connectivity index (χ4v) is 2.28. The van der Waals surface area contributed by atoms with Gasteiger partial charge in [0.15, 0.2) is 12.3 Å². The van der Waals surface area contributed by atoms with Crippen molar-refractivity contribution in [1.82, 2.24) is 4.90 Å². The molecule has 1 saturated heterocycles. The molecule has 7 heteroatoms. The van der Waals surface area contributed by atoms with Crippen LogP contribution in [0.25, 0.3) is 0 Å². The van der Waals surface area contributed by atoms with E-state index in [2.05, 4.69) is 6.58 Å². The first-order chi connectivity index (χ1) is 10.9. The van der Waals surface area contributed by atoms with Crippen LogP contribution in [0.3, 0.4) is 0 Å². The van der Waals surface area contributed by atoms with Crippen LogP contribution >= 0.6 is 0 Å². The van der Waals surface area contributed by atoms with E-state index >= 15 is 0 Å². The molecule has 124 valence electrons. The molecule has 1 aliphatic heterocycles. The molecule has 23 heavy (non-hydrogen) atoms. The Labute approximate surface area is 133 Å². The quantitative estimate of drug-likeness (QED) is 0.368. The van der Waals surface area contributed by atoms with E-state index < -0.39 is 30.3 Å². The fourth-order valence-electron chi connectivity index (χ4n) is 2.28.